The second-order valence-corrected chi connectivity index (χ2v) is 9.12. The Bertz CT molecular complexity index is 996. The molecule has 192 valence electrons. The van der Waals surface area contributed by atoms with Crippen molar-refractivity contribution in [2.45, 2.75) is 25.4 Å². The molecule has 35 heavy (non-hydrogen) atoms. The molecule has 1 aromatic heterocycles. The number of rotatable bonds is 6. The highest BCUT2D eigenvalue weighted by Gasteiger charge is 2.40. The molecule has 2 unspecified atom stereocenters. The summed E-state index contributed by atoms with van der Waals surface area (Å²) in [6.45, 7) is 9.25. The number of hydrogen-bond acceptors (Lipinski definition) is 7. The van der Waals surface area contributed by atoms with E-state index in [9.17, 15) is 13.2 Å². The first kappa shape index (κ1) is 24.3. The molecule has 3 aliphatic rings. The Morgan fingerprint density at radius 3 is 2.29 bits per heavy atom. The van der Waals surface area contributed by atoms with Gasteiger partial charge in [-0.25, -0.2) is 9.07 Å². The lowest BCUT2D eigenvalue weighted by Gasteiger charge is -2.50. The highest BCUT2D eigenvalue weighted by Crippen LogP contribution is 2.30. The molecule has 4 heterocycles. The zero-order valence-electron chi connectivity index (χ0n) is 19.5. The molecule has 5 rings (SSSR count). The highest BCUT2D eigenvalue weighted by atomic mass is 19.4. The Morgan fingerprint density at radius 1 is 1.00 bits per heavy atom. The van der Waals surface area contributed by atoms with Crippen molar-refractivity contribution in [3.8, 4) is 11.4 Å². The molecule has 0 N–H and O–H groups in total. The fourth-order valence-electron chi connectivity index (χ4n) is 5.06. The minimum Gasteiger partial charge on any atom is -0.406 e. The molecular weight excluding hydrogens is 470 g/mol. The molecule has 0 spiro atoms. The number of morpholine rings is 2. The molecule has 0 saturated carbocycles. The average Bonchev–Trinajstić information content (AvgIpc) is 3.12. The van der Waals surface area contributed by atoms with E-state index in [1.54, 1.807) is 6.92 Å². The Labute approximate surface area is 200 Å². The van der Waals surface area contributed by atoms with E-state index in [2.05, 4.69) is 19.6 Å². The predicted molar refractivity (Wildman–Crippen MR) is 120 cm³/mol. The summed E-state index contributed by atoms with van der Waals surface area (Å²) in [5, 5.41) is 4.50. The number of anilines is 1. The predicted octanol–water partition coefficient (Wildman–Crippen LogP) is 2.44. The number of nitrogens with zero attached hydrogens (tertiary/aromatic N) is 5. The number of piperazine rings is 1. The van der Waals surface area contributed by atoms with Crippen molar-refractivity contribution < 1.29 is 31.8 Å². The molecule has 2 aromatic rings. The van der Waals surface area contributed by atoms with Gasteiger partial charge in [0.1, 0.15) is 5.75 Å². The molecule has 2 bridgehead atoms. The zero-order chi connectivity index (χ0) is 24.6. The fourth-order valence-corrected chi connectivity index (χ4v) is 5.06. The van der Waals surface area contributed by atoms with Gasteiger partial charge in [0.05, 0.1) is 49.9 Å². The van der Waals surface area contributed by atoms with Crippen molar-refractivity contribution in [3.05, 3.63) is 35.8 Å². The first-order chi connectivity index (χ1) is 16.8. The average molecular weight is 500 g/mol. The van der Waals surface area contributed by atoms with Crippen LogP contribution in [0.15, 0.2) is 24.3 Å². The number of benzene rings is 1. The lowest BCUT2D eigenvalue weighted by atomic mass is 10.0. The van der Waals surface area contributed by atoms with Gasteiger partial charge in [0.15, 0.2) is 11.6 Å². The van der Waals surface area contributed by atoms with Crippen LogP contribution in [0.2, 0.25) is 0 Å². The van der Waals surface area contributed by atoms with E-state index in [0.717, 1.165) is 39.4 Å². The van der Waals surface area contributed by atoms with Crippen LogP contribution in [-0.4, -0.2) is 104 Å². The number of ether oxygens (including phenoxy) is 3. The summed E-state index contributed by atoms with van der Waals surface area (Å²) < 4.78 is 69.2. The van der Waals surface area contributed by atoms with Crippen molar-refractivity contribution in [1.82, 2.24) is 19.6 Å². The van der Waals surface area contributed by atoms with Gasteiger partial charge in [-0.05, 0) is 31.2 Å². The minimum atomic E-state index is -4.77. The first-order valence-corrected chi connectivity index (χ1v) is 11.8. The van der Waals surface area contributed by atoms with Crippen LogP contribution in [-0.2, 0) is 9.47 Å². The smallest absolute Gasteiger partial charge is 0.406 e. The monoisotopic (exact) mass is 499 g/mol. The maximum atomic E-state index is 15.3. The summed E-state index contributed by atoms with van der Waals surface area (Å²) in [7, 11) is 0. The van der Waals surface area contributed by atoms with Gasteiger partial charge in [0.25, 0.3) is 0 Å². The third-order valence-corrected chi connectivity index (χ3v) is 6.84. The summed E-state index contributed by atoms with van der Waals surface area (Å²) in [5.41, 5.74) is 0.746. The molecule has 8 nitrogen and oxygen atoms in total. The molecule has 0 radical (unpaired) electrons. The zero-order valence-corrected chi connectivity index (χ0v) is 19.5. The topological polar surface area (TPSA) is 55.2 Å². The standard InChI is InChI=1S/C23H29F4N5O3/c1-16-21(24)22(28-32(16)17-2-4-20(5-3-17)35-23(25,26)27)30-12-18-14-34-15-19(13-30)31(18)7-6-29-8-10-33-11-9-29/h2-5,18-19H,6-15H2,1H3. The fraction of sp³-hybridized carbons (Fsp3) is 0.609. The van der Waals surface area contributed by atoms with Gasteiger partial charge in [-0.1, -0.05) is 0 Å². The quantitative estimate of drug-likeness (QED) is 0.566. The summed E-state index contributed by atoms with van der Waals surface area (Å²) in [6, 6.07) is 5.50. The van der Waals surface area contributed by atoms with Gasteiger partial charge in [-0.2, -0.15) is 0 Å². The van der Waals surface area contributed by atoms with Gasteiger partial charge in [-0.15, -0.1) is 18.3 Å². The minimum absolute atomic E-state index is 0.132. The summed E-state index contributed by atoms with van der Waals surface area (Å²) in [6.07, 6.45) is -4.77. The van der Waals surface area contributed by atoms with Crippen LogP contribution in [0, 0.1) is 12.7 Å². The van der Waals surface area contributed by atoms with E-state index in [0.29, 0.717) is 37.7 Å². The van der Waals surface area contributed by atoms with E-state index >= 15 is 4.39 Å². The van der Waals surface area contributed by atoms with Crippen LogP contribution < -0.4 is 9.64 Å². The van der Waals surface area contributed by atoms with E-state index in [1.165, 1.54) is 28.9 Å². The van der Waals surface area contributed by atoms with Crippen LogP contribution in [0.1, 0.15) is 5.69 Å². The second-order valence-electron chi connectivity index (χ2n) is 9.12. The normalized spacial score (nSPS) is 24.1. The maximum Gasteiger partial charge on any atom is 0.573 e. The van der Waals surface area contributed by atoms with Crippen LogP contribution in [0.25, 0.3) is 5.69 Å². The first-order valence-electron chi connectivity index (χ1n) is 11.8. The van der Waals surface area contributed by atoms with Gasteiger partial charge < -0.3 is 19.1 Å². The van der Waals surface area contributed by atoms with Crippen LogP contribution in [0.4, 0.5) is 23.4 Å². The van der Waals surface area contributed by atoms with Crippen LogP contribution >= 0.6 is 0 Å². The molecule has 12 heteroatoms. The van der Waals surface area contributed by atoms with E-state index < -0.39 is 12.2 Å². The van der Waals surface area contributed by atoms with Gasteiger partial charge in [-0.3, -0.25) is 9.80 Å². The van der Waals surface area contributed by atoms with Crippen LogP contribution in [0.3, 0.4) is 0 Å². The van der Waals surface area contributed by atoms with Gasteiger partial charge >= 0.3 is 6.36 Å². The largest absolute Gasteiger partial charge is 0.573 e. The molecule has 0 aliphatic carbocycles. The highest BCUT2D eigenvalue weighted by molar-refractivity contribution is 5.47. The summed E-state index contributed by atoms with van der Waals surface area (Å²) in [4.78, 5) is 6.84. The molecule has 1 aromatic carbocycles. The third kappa shape index (κ3) is 5.40. The molecular formula is C23H29F4N5O3. The van der Waals surface area contributed by atoms with Crippen molar-refractivity contribution in [3.63, 3.8) is 0 Å². The van der Waals surface area contributed by atoms with E-state index in [4.69, 9.17) is 9.47 Å². The molecule has 3 aliphatic heterocycles. The third-order valence-electron chi connectivity index (χ3n) is 6.84. The number of alkyl halides is 3. The van der Waals surface area contributed by atoms with E-state index in [-0.39, 0.29) is 23.7 Å². The lowest BCUT2D eigenvalue weighted by molar-refractivity contribution is -0.274. The van der Waals surface area contributed by atoms with Crippen molar-refractivity contribution in [2.24, 2.45) is 0 Å². The molecule has 3 fully saturated rings. The van der Waals surface area contributed by atoms with E-state index in [1.807, 2.05) is 4.90 Å². The molecule has 3 saturated heterocycles. The Balaban J connectivity index is 1.29. The number of hydrogen-bond donors (Lipinski definition) is 0. The number of halogens is 4. The second kappa shape index (κ2) is 9.92. The maximum absolute atomic E-state index is 15.3. The number of fused-ring (bicyclic) bond motifs is 2. The Kier molecular flexibility index (Phi) is 6.88. The van der Waals surface area contributed by atoms with Crippen molar-refractivity contribution >= 4 is 5.82 Å². The van der Waals surface area contributed by atoms with Crippen molar-refractivity contribution in [1.29, 1.82) is 0 Å². The molecule has 2 atom stereocenters. The number of aromatic nitrogens is 2. The van der Waals surface area contributed by atoms with Gasteiger partial charge in [0.2, 0.25) is 0 Å². The Hall–Kier alpha value is -2.41. The molecule has 0 amide bonds. The summed E-state index contributed by atoms with van der Waals surface area (Å²) >= 11 is 0. The van der Waals surface area contributed by atoms with Crippen LogP contribution in [0.5, 0.6) is 5.75 Å². The SMILES string of the molecule is Cc1c(F)c(N2CC3COCC(C2)N3CCN2CCOCC2)nn1-c1ccc(OC(F)(F)F)cc1. The summed E-state index contributed by atoms with van der Waals surface area (Å²) in [5.74, 6) is -0.517. The van der Waals surface area contributed by atoms with Gasteiger partial charge in [0, 0.05) is 39.3 Å². The Morgan fingerprint density at radius 2 is 1.66 bits per heavy atom. The lowest BCUT2D eigenvalue weighted by Crippen LogP contribution is -2.65. The van der Waals surface area contributed by atoms with Crippen molar-refractivity contribution in [2.75, 3.05) is 70.6 Å².